The van der Waals surface area contributed by atoms with Crippen LogP contribution in [0.4, 0.5) is 0 Å². The van der Waals surface area contributed by atoms with Gasteiger partial charge in [0.15, 0.2) is 0 Å². The molecule has 1 N–H and O–H groups in total. The van der Waals surface area contributed by atoms with Gasteiger partial charge in [0.2, 0.25) is 0 Å². The number of rotatable bonds is 7. The quantitative estimate of drug-likeness (QED) is 0.300. The number of para-hydroxylation sites is 1. The van der Waals surface area contributed by atoms with Gasteiger partial charge in [-0.2, -0.15) is 0 Å². The minimum absolute atomic E-state index is 0.110. The number of nitrogens with one attached hydrogen (secondary N) is 1. The molecule has 0 saturated carbocycles. The van der Waals surface area contributed by atoms with Crippen LogP contribution >= 0.6 is 27.5 Å². The molecule has 1 aromatic heterocycles. The van der Waals surface area contributed by atoms with Crippen molar-refractivity contribution in [3.05, 3.63) is 100.0 Å². The summed E-state index contributed by atoms with van der Waals surface area (Å²) in [5, 5.41) is 3.57. The molecule has 168 valence electrons. The zero-order chi connectivity index (χ0) is 23.4. The Morgan fingerprint density at radius 1 is 0.939 bits per heavy atom. The van der Waals surface area contributed by atoms with Gasteiger partial charge in [0, 0.05) is 39.4 Å². The van der Waals surface area contributed by atoms with Crippen molar-refractivity contribution in [1.29, 1.82) is 0 Å². The molecule has 0 unspecified atom stereocenters. The number of carbonyl (C=O) groups excluding carboxylic acids is 1. The van der Waals surface area contributed by atoms with Crippen molar-refractivity contribution < 1.29 is 4.79 Å². The van der Waals surface area contributed by atoms with Crippen molar-refractivity contribution in [2.45, 2.75) is 0 Å². The number of benzene rings is 3. The summed E-state index contributed by atoms with van der Waals surface area (Å²) in [6, 6.07) is 28.0. The zero-order valence-electron chi connectivity index (χ0n) is 18.6. The van der Waals surface area contributed by atoms with Crippen LogP contribution in [0.3, 0.4) is 0 Å². The highest BCUT2D eigenvalue weighted by Gasteiger charge is 2.17. The standard InChI is InChI=1S/C27H25BrClN3O/c1-31(2)17-16-30-27(33)20-10-13-24(29)23(18-20)26-15-14-25(19-8-11-21(28)12-9-19)32(26)22-6-4-3-5-7-22/h3-15,18H,16-17H2,1-2H3,(H,30,33). The molecule has 0 atom stereocenters. The van der Waals surface area contributed by atoms with Gasteiger partial charge >= 0.3 is 0 Å². The van der Waals surface area contributed by atoms with Gasteiger partial charge in [0.25, 0.3) is 5.91 Å². The number of halogens is 2. The number of amides is 1. The van der Waals surface area contributed by atoms with Gasteiger partial charge in [-0.25, -0.2) is 0 Å². The molecule has 4 aromatic rings. The topological polar surface area (TPSA) is 37.3 Å². The van der Waals surface area contributed by atoms with E-state index in [2.05, 4.69) is 62.2 Å². The van der Waals surface area contributed by atoms with Crippen molar-refractivity contribution in [1.82, 2.24) is 14.8 Å². The zero-order valence-corrected chi connectivity index (χ0v) is 20.9. The molecule has 0 aliphatic carbocycles. The maximum absolute atomic E-state index is 12.8. The molecule has 4 rings (SSSR count). The number of aromatic nitrogens is 1. The monoisotopic (exact) mass is 521 g/mol. The molecule has 0 aliphatic heterocycles. The lowest BCUT2D eigenvalue weighted by molar-refractivity contribution is 0.0951. The molecule has 3 aromatic carbocycles. The van der Waals surface area contributed by atoms with E-state index in [1.165, 1.54) is 0 Å². The third kappa shape index (κ3) is 5.38. The average Bonchev–Trinajstić information content (AvgIpc) is 3.25. The Balaban J connectivity index is 1.79. The maximum atomic E-state index is 12.8. The molecule has 0 radical (unpaired) electrons. The summed E-state index contributed by atoms with van der Waals surface area (Å²) in [7, 11) is 3.96. The normalized spacial score (nSPS) is 11.1. The van der Waals surface area contributed by atoms with Gasteiger partial charge in [-0.05, 0) is 74.3 Å². The van der Waals surface area contributed by atoms with Crippen molar-refractivity contribution >= 4 is 33.4 Å². The van der Waals surface area contributed by atoms with Crippen LogP contribution in [0.5, 0.6) is 0 Å². The van der Waals surface area contributed by atoms with E-state index in [0.717, 1.165) is 39.2 Å². The summed E-state index contributed by atoms with van der Waals surface area (Å²) in [4.78, 5) is 14.8. The molecule has 4 nitrogen and oxygen atoms in total. The summed E-state index contributed by atoms with van der Waals surface area (Å²) in [6.45, 7) is 1.36. The van der Waals surface area contributed by atoms with Crippen LogP contribution in [0.25, 0.3) is 28.2 Å². The van der Waals surface area contributed by atoms with Gasteiger partial charge in [-0.15, -0.1) is 0 Å². The van der Waals surface area contributed by atoms with Crippen LogP contribution in [0.15, 0.2) is 89.4 Å². The molecule has 0 bridgehead atoms. The molecule has 0 spiro atoms. The molecular formula is C27H25BrClN3O. The minimum atomic E-state index is -0.110. The molecule has 1 amide bonds. The second-order valence-electron chi connectivity index (χ2n) is 8.04. The van der Waals surface area contributed by atoms with Gasteiger partial charge in [-0.3, -0.25) is 4.79 Å². The smallest absolute Gasteiger partial charge is 0.251 e. The second kappa shape index (κ2) is 10.4. The number of likely N-dealkylation sites (N-methyl/N-ethyl adjacent to an activating group) is 1. The summed E-state index contributed by atoms with van der Waals surface area (Å²) < 4.78 is 3.21. The largest absolute Gasteiger partial charge is 0.351 e. The lowest BCUT2D eigenvalue weighted by Crippen LogP contribution is -2.31. The van der Waals surface area contributed by atoms with Crippen molar-refractivity contribution in [3.8, 4) is 28.2 Å². The van der Waals surface area contributed by atoms with E-state index in [-0.39, 0.29) is 5.91 Å². The van der Waals surface area contributed by atoms with E-state index in [4.69, 9.17) is 11.6 Å². The molecule has 33 heavy (non-hydrogen) atoms. The van der Waals surface area contributed by atoms with Crippen LogP contribution in [0.2, 0.25) is 5.02 Å². The molecule has 0 saturated heterocycles. The fourth-order valence-electron chi connectivity index (χ4n) is 3.71. The Labute approximate surface area is 207 Å². The van der Waals surface area contributed by atoms with E-state index in [0.29, 0.717) is 17.1 Å². The SMILES string of the molecule is CN(C)CCNC(=O)c1ccc(Cl)c(-c2ccc(-c3ccc(Br)cc3)n2-c2ccccc2)c1. The van der Waals surface area contributed by atoms with Gasteiger partial charge < -0.3 is 14.8 Å². The minimum Gasteiger partial charge on any atom is -0.351 e. The van der Waals surface area contributed by atoms with E-state index < -0.39 is 0 Å². The summed E-state index contributed by atoms with van der Waals surface area (Å²) in [5.74, 6) is -0.110. The fraction of sp³-hybridized carbons (Fsp3) is 0.148. The summed E-state index contributed by atoms with van der Waals surface area (Å²) in [5.41, 5.74) is 5.46. The molecular weight excluding hydrogens is 498 g/mol. The Kier molecular flexibility index (Phi) is 7.33. The molecule has 6 heteroatoms. The van der Waals surface area contributed by atoms with Crippen molar-refractivity contribution in [3.63, 3.8) is 0 Å². The predicted octanol–water partition coefficient (Wildman–Crippen LogP) is 6.52. The fourth-order valence-corrected chi connectivity index (χ4v) is 4.18. The first-order valence-electron chi connectivity index (χ1n) is 10.7. The predicted molar refractivity (Wildman–Crippen MR) is 140 cm³/mol. The van der Waals surface area contributed by atoms with Crippen molar-refractivity contribution in [2.75, 3.05) is 27.2 Å². The molecule has 0 fully saturated rings. The average molecular weight is 523 g/mol. The van der Waals surface area contributed by atoms with Crippen LogP contribution < -0.4 is 5.32 Å². The van der Waals surface area contributed by atoms with E-state index in [9.17, 15) is 4.79 Å². The first kappa shape index (κ1) is 23.3. The second-order valence-corrected chi connectivity index (χ2v) is 9.36. The Hall–Kier alpha value is -2.86. The van der Waals surface area contributed by atoms with Gasteiger partial charge in [-0.1, -0.05) is 57.9 Å². The molecule has 0 aliphatic rings. The van der Waals surface area contributed by atoms with Crippen LogP contribution in [0.1, 0.15) is 10.4 Å². The highest BCUT2D eigenvalue weighted by molar-refractivity contribution is 9.10. The van der Waals surface area contributed by atoms with Crippen LogP contribution in [-0.2, 0) is 0 Å². The van der Waals surface area contributed by atoms with Crippen LogP contribution in [-0.4, -0.2) is 42.6 Å². The first-order valence-corrected chi connectivity index (χ1v) is 11.9. The third-order valence-corrected chi connectivity index (χ3v) is 6.24. The highest BCUT2D eigenvalue weighted by Crippen LogP contribution is 2.36. The number of nitrogens with zero attached hydrogens (tertiary/aromatic N) is 2. The number of hydrogen-bond donors (Lipinski definition) is 1. The lowest BCUT2D eigenvalue weighted by atomic mass is 10.1. The van der Waals surface area contributed by atoms with E-state index in [1.54, 1.807) is 12.1 Å². The molecule has 1 heterocycles. The van der Waals surface area contributed by atoms with Crippen molar-refractivity contribution in [2.24, 2.45) is 0 Å². The summed E-state index contributed by atoms with van der Waals surface area (Å²) in [6.07, 6.45) is 0. The number of carbonyl (C=O) groups is 1. The first-order chi connectivity index (χ1) is 15.9. The Morgan fingerprint density at radius 2 is 1.64 bits per heavy atom. The summed E-state index contributed by atoms with van der Waals surface area (Å²) >= 11 is 10.2. The maximum Gasteiger partial charge on any atom is 0.251 e. The van der Waals surface area contributed by atoms with Crippen LogP contribution in [0, 0.1) is 0 Å². The Bertz CT molecular complexity index is 1250. The number of hydrogen-bond acceptors (Lipinski definition) is 2. The van der Waals surface area contributed by atoms with E-state index in [1.807, 2.05) is 55.4 Å². The Morgan fingerprint density at radius 3 is 2.33 bits per heavy atom. The van der Waals surface area contributed by atoms with Gasteiger partial charge in [0.1, 0.15) is 0 Å². The van der Waals surface area contributed by atoms with Gasteiger partial charge in [0.05, 0.1) is 11.4 Å². The third-order valence-electron chi connectivity index (χ3n) is 5.38. The highest BCUT2D eigenvalue weighted by atomic mass is 79.9. The lowest BCUT2D eigenvalue weighted by Gasteiger charge is -2.16. The van der Waals surface area contributed by atoms with E-state index >= 15 is 0 Å².